The van der Waals surface area contributed by atoms with Gasteiger partial charge in [0.1, 0.15) is 0 Å². The summed E-state index contributed by atoms with van der Waals surface area (Å²) in [4.78, 5) is 3.34. The number of nitrogens with two attached hydrogens (primary N) is 1. The van der Waals surface area contributed by atoms with Crippen LogP contribution >= 0.6 is 0 Å². The number of hydrogen-bond donors (Lipinski definition) is 2. The molecule has 2 nitrogen and oxygen atoms in total. The maximum atomic E-state index is 5.97. The van der Waals surface area contributed by atoms with Crippen molar-refractivity contribution < 1.29 is 0 Å². The van der Waals surface area contributed by atoms with Gasteiger partial charge in [0.05, 0.1) is 0 Å². The highest BCUT2D eigenvalue weighted by Gasteiger charge is 2.13. The second kappa shape index (κ2) is 4.49. The molecule has 0 unspecified atom stereocenters. The fraction of sp³-hybridized carbons (Fsp3) is 0.385. The van der Waals surface area contributed by atoms with E-state index in [4.69, 9.17) is 5.73 Å². The van der Waals surface area contributed by atoms with E-state index in [1.165, 1.54) is 17.0 Å². The zero-order valence-electron chi connectivity index (χ0n) is 9.80. The number of rotatable bonds is 4. The molecule has 3 N–H and O–H groups in total. The van der Waals surface area contributed by atoms with Crippen LogP contribution in [-0.4, -0.2) is 10.5 Å². The second-order valence-corrected chi connectivity index (χ2v) is 4.64. The Morgan fingerprint density at radius 3 is 2.73 bits per heavy atom. The topological polar surface area (TPSA) is 41.8 Å². The summed E-state index contributed by atoms with van der Waals surface area (Å²) in [6, 6.07) is 2.14. The molecule has 0 amide bonds. The molecule has 0 radical (unpaired) electrons. The van der Waals surface area contributed by atoms with Crippen molar-refractivity contribution in [2.45, 2.75) is 32.7 Å². The van der Waals surface area contributed by atoms with Gasteiger partial charge in [0.2, 0.25) is 0 Å². The van der Waals surface area contributed by atoms with Crippen LogP contribution in [0.1, 0.15) is 30.8 Å². The predicted molar refractivity (Wildman–Crippen MR) is 66.7 cm³/mol. The molecule has 0 aliphatic heterocycles. The number of aryl methyl sites for hydroxylation is 1. The minimum absolute atomic E-state index is 0.170. The number of nitrogens with one attached hydrogen (secondary N) is 1. The van der Waals surface area contributed by atoms with Gasteiger partial charge in [-0.2, -0.15) is 0 Å². The minimum atomic E-state index is -0.170. The average molecular weight is 204 g/mol. The molecule has 0 aliphatic rings. The fourth-order valence-corrected chi connectivity index (χ4v) is 1.58. The van der Waals surface area contributed by atoms with Crippen LogP contribution in [0.2, 0.25) is 0 Å². The number of aromatic amines is 1. The molecule has 1 aromatic rings. The van der Waals surface area contributed by atoms with E-state index in [0.29, 0.717) is 0 Å². The third kappa shape index (κ3) is 3.76. The van der Waals surface area contributed by atoms with Gasteiger partial charge in [-0.1, -0.05) is 24.8 Å². The zero-order valence-corrected chi connectivity index (χ0v) is 9.80. The second-order valence-electron chi connectivity index (χ2n) is 4.64. The molecule has 0 bridgehead atoms. The fourth-order valence-electron chi connectivity index (χ4n) is 1.58. The third-order valence-corrected chi connectivity index (χ3v) is 2.17. The molecular formula is C13H20N2. The lowest BCUT2D eigenvalue weighted by Gasteiger charge is -2.16. The van der Waals surface area contributed by atoms with Crippen molar-refractivity contribution in [2.75, 3.05) is 0 Å². The van der Waals surface area contributed by atoms with E-state index in [9.17, 15) is 0 Å². The predicted octanol–water partition coefficient (Wildman–Crippen LogP) is 2.80. The molecule has 82 valence electrons. The largest absolute Gasteiger partial charge is 0.362 e. The Hall–Kier alpha value is -1.28. The van der Waals surface area contributed by atoms with E-state index in [0.717, 1.165) is 6.42 Å². The van der Waals surface area contributed by atoms with Crippen LogP contribution in [0, 0.1) is 6.92 Å². The summed E-state index contributed by atoms with van der Waals surface area (Å²) in [5.41, 5.74) is 9.36. The minimum Gasteiger partial charge on any atom is -0.362 e. The Labute approximate surface area is 91.9 Å². The first-order chi connectivity index (χ1) is 6.92. The molecule has 0 saturated heterocycles. The lowest BCUT2D eigenvalue weighted by Crippen LogP contribution is -2.34. The van der Waals surface area contributed by atoms with E-state index in [2.05, 4.69) is 24.6 Å². The SMILES string of the molecule is C=C/C=C\c1cc(CC(C)(C)N)[nH]c1C. The first-order valence-corrected chi connectivity index (χ1v) is 5.19. The van der Waals surface area contributed by atoms with Crippen molar-refractivity contribution in [3.05, 3.63) is 41.7 Å². The molecule has 0 aliphatic carbocycles. The van der Waals surface area contributed by atoms with Crippen LogP contribution in [0.15, 0.2) is 24.8 Å². The van der Waals surface area contributed by atoms with Crippen LogP contribution in [0.3, 0.4) is 0 Å². The summed E-state index contributed by atoms with van der Waals surface area (Å²) in [6.07, 6.45) is 6.62. The lowest BCUT2D eigenvalue weighted by atomic mass is 10.00. The van der Waals surface area contributed by atoms with Gasteiger partial charge >= 0.3 is 0 Å². The van der Waals surface area contributed by atoms with Crippen LogP contribution in [0.4, 0.5) is 0 Å². The van der Waals surface area contributed by atoms with Crippen molar-refractivity contribution in [3.8, 4) is 0 Å². The molecule has 0 saturated carbocycles. The highest BCUT2D eigenvalue weighted by Crippen LogP contribution is 2.15. The first kappa shape index (κ1) is 11.8. The Morgan fingerprint density at radius 1 is 1.53 bits per heavy atom. The summed E-state index contributed by atoms with van der Waals surface area (Å²) in [5.74, 6) is 0. The van der Waals surface area contributed by atoms with Gasteiger partial charge in [0.25, 0.3) is 0 Å². The van der Waals surface area contributed by atoms with E-state index >= 15 is 0 Å². The highest BCUT2D eigenvalue weighted by molar-refractivity contribution is 5.54. The van der Waals surface area contributed by atoms with Gasteiger partial charge in [-0.25, -0.2) is 0 Å². The Balaban J connectivity index is 2.86. The first-order valence-electron chi connectivity index (χ1n) is 5.19. The van der Waals surface area contributed by atoms with E-state index < -0.39 is 0 Å². The molecule has 0 spiro atoms. The van der Waals surface area contributed by atoms with Gasteiger partial charge < -0.3 is 10.7 Å². The maximum Gasteiger partial charge on any atom is 0.0191 e. The van der Waals surface area contributed by atoms with Crippen molar-refractivity contribution in [1.82, 2.24) is 4.98 Å². The standard InChI is InChI=1S/C13H20N2/c1-5-6-7-11-8-12(15-10(11)2)9-13(3,4)14/h5-8,15H,1,9,14H2,2-4H3/b7-6-. The molecule has 1 rings (SSSR count). The summed E-state index contributed by atoms with van der Waals surface area (Å²) >= 11 is 0. The van der Waals surface area contributed by atoms with Gasteiger partial charge in [-0.3, -0.25) is 0 Å². The van der Waals surface area contributed by atoms with Gasteiger partial charge in [-0.15, -0.1) is 0 Å². The van der Waals surface area contributed by atoms with E-state index in [1.54, 1.807) is 6.08 Å². The van der Waals surface area contributed by atoms with Crippen molar-refractivity contribution >= 4 is 6.08 Å². The van der Waals surface area contributed by atoms with Gasteiger partial charge in [0.15, 0.2) is 0 Å². The average Bonchev–Trinajstić information content (AvgIpc) is 2.39. The molecule has 15 heavy (non-hydrogen) atoms. The smallest absolute Gasteiger partial charge is 0.0191 e. The molecule has 2 heteroatoms. The summed E-state index contributed by atoms with van der Waals surface area (Å²) in [6.45, 7) is 9.78. The van der Waals surface area contributed by atoms with Crippen LogP contribution in [-0.2, 0) is 6.42 Å². The third-order valence-electron chi connectivity index (χ3n) is 2.17. The Kier molecular flexibility index (Phi) is 3.53. The van der Waals surface area contributed by atoms with Crippen molar-refractivity contribution in [3.63, 3.8) is 0 Å². The molecule has 0 atom stereocenters. The Bertz CT molecular complexity index is 364. The molecule has 0 fully saturated rings. The highest BCUT2D eigenvalue weighted by atomic mass is 14.8. The van der Waals surface area contributed by atoms with Crippen LogP contribution < -0.4 is 5.73 Å². The van der Waals surface area contributed by atoms with Crippen molar-refractivity contribution in [1.29, 1.82) is 0 Å². The number of allylic oxidation sites excluding steroid dienone is 2. The normalized spacial score (nSPS) is 12.3. The van der Waals surface area contributed by atoms with Crippen LogP contribution in [0.25, 0.3) is 6.08 Å². The van der Waals surface area contributed by atoms with E-state index in [1.807, 2.05) is 26.0 Å². The van der Waals surface area contributed by atoms with Gasteiger partial charge in [0, 0.05) is 23.3 Å². The lowest BCUT2D eigenvalue weighted by molar-refractivity contribution is 0.511. The number of aromatic nitrogens is 1. The summed E-state index contributed by atoms with van der Waals surface area (Å²) in [5, 5.41) is 0. The molecule has 0 aromatic carbocycles. The number of H-pyrrole nitrogens is 1. The molecule has 1 aromatic heterocycles. The Morgan fingerprint density at radius 2 is 2.20 bits per heavy atom. The van der Waals surface area contributed by atoms with Crippen molar-refractivity contribution in [2.24, 2.45) is 5.73 Å². The maximum absolute atomic E-state index is 5.97. The zero-order chi connectivity index (χ0) is 11.5. The molecule has 1 heterocycles. The molecular weight excluding hydrogens is 184 g/mol. The summed E-state index contributed by atoms with van der Waals surface area (Å²) in [7, 11) is 0. The van der Waals surface area contributed by atoms with E-state index in [-0.39, 0.29) is 5.54 Å². The monoisotopic (exact) mass is 204 g/mol. The quantitative estimate of drug-likeness (QED) is 0.728. The number of hydrogen-bond acceptors (Lipinski definition) is 1. The summed E-state index contributed by atoms with van der Waals surface area (Å²) < 4.78 is 0. The van der Waals surface area contributed by atoms with Crippen LogP contribution in [0.5, 0.6) is 0 Å². The van der Waals surface area contributed by atoms with Gasteiger partial charge in [-0.05, 0) is 32.4 Å².